The molecule has 1 aromatic rings. The second-order valence-electron chi connectivity index (χ2n) is 4.57. The van der Waals surface area contributed by atoms with Gasteiger partial charge in [-0.1, -0.05) is 12.1 Å². The van der Waals surface area contributed by atoms with Crippen molar-refractivity contribution in [2.75, 3.05) is 19.6 Å². The van der Waals surface area contributed by atoms with Crippen molar-refractivity contribution in [1.29, 1.82) is 0 Å². The van der Waals surface area contributed by atoms with Crippen LogP contribution in [0.25, 0.3) is 0 Å². The molecule has 88 valence electrons. The third kappa shape index (κ3) is 3.29. The Labute approximate surface area is 96.5 Å². The Morgan fingerprint density at radius 1 is 1.38 bits per heavy atom. The van der Waals surface area contributed by atoms with E-state index in [0.29, 0.717) is 6.04 Å². The van der Waals surface area contributed by atoms with E-state index in [1.807, 2.05) is 12.1 Å². The van der Waals surface area contributed by atoms with Gasteiger partial charge in [-0.25, -0.2) is 4.39 Å². The second-order valence-corrected chi connectivity index (χ2v) is 4.57. The van der Waals surface area contributed by atoms with Gasteiger partial charge in [-0.3, -0.25) is 4.90 Å². The summed E-state index contributed by atoms with van der Waals surface area (Å²) in [7, 11) is 0. The first-order valence-corrected chi connectivity index (χ1v) is 5.94. The molecule has 2 nitrogen and oxygen atoms in total. The second kappa shape index (κ2) is 5.41. The molecule has 1 aliphatic rings. The lowest BCUT2D eigenvalue weighted by molar-refractivity contribution is 0.264. The summed E-state index contributed by atoms with van der Waals surface area (Å²) in [6, 6.07) is 7.36. The van der Waals surface area contributed by atoms with Crippen LogP contribution in [-0.2, 0) is 6.54 Å². The van der Waals surface area contributed by atoms with Crippen LogP contribution in [0.5, 0.6) is 0 Å². The van der Waals surface area contributed by atoms with Gasteiger partial charge in [0.2, 0.25) is 0 Å². The average Bonchev–Trinajstić information content (AvgIpc) is 2.46. The zero-order valence-electron chi connectivity index (χ0n) is 9.75. The molecule has 0 bridgehead atoms. The Balaban J connectivity index is 1.95. The Hall–Kier alpha value is -0.930. The number of benzene rings is 1. The van der Waals surface area contributed by atoms with Gasteiger partial charge in [-0.15, -0.1) is 0 Å². The van der Waals surface area contributed by atoms with E-state index in [9.17, 15) is 4.39 Å². The lowest BCUT2D eigenvalue weighted by Gasteiger charge is -2.22. The van der Waals surface area contributed by atoms with E-state index in [0.717, 1.165) is 26.2 Å². The van der Waals surface area contributed by atoms with Gasteiger partial charge in [0.15, 0.2) is 0 Å². The molecule has 0 saturated carbocycles. The molecule has 0 aromatic heterocycles. The molecule has 1 fully saturated rings. The maximum Gasteiger partial charge on any atom is 0.123 e. The van der Waals surface area contributed by atoms with Crippen molar-refractivity contribution < 1.29 is 4.39 Å². The minimum absolute atomic E-state index is 0.158. The Morgan fingerprint density at radius 2 is 2.12 bits per heavy atom. The summed E-state index contributed by atoms with van der Waals surface area (Å²) < 4.78 is 12.8. The third-order valence-electron chi connectivity index (χ3n) is 3.00. The molecule has 1 N–H and O–H groups in total. The third-order valence-corrected chi connectivity index (χ3v) is 3.00. The van der Waals surface area contributed by atoms with Crippen molar-refractivity contribution in [3.8, 4) is 0 Å². The predicted octanol–water partition coefficient (Wildman–Crippen LogP) is 2.01. The molecule has 0 radical (unpaired) electrons. The van der Waals surface area contributed by atoms with Crippen LogP contribution in [0, 0.1) is 5.82 Å². The van der Waals surface area contributed by atoms with E-state index in [4.69, 9.17) is 0 Å². The quantitative estimate of drug-likeness (QED) is 0.823. The summed E-state index contributed by atoms with van der Waals surface area (Å²) in [5, 5.41) is 3.47. The molecule has 1 aromatic carbocycles. The van der Waals surface area contributed by atoms with Crippen LogP contribution >= 0.6 is 0 Å². The van der Waals surface area contributed by atoms with Crippen LogP contribution in [0.15, 0.2) is 24.3 Å². The molecule has 1 heterocycles. The number of halogens is 1. The first kappa shape index (κ1) is 11.6. The first-order chi connectivity index (χ1) is 7.74. The molecule has 1 aliphatic heterocycles. The molecule has 3 heteroatoms. The normalized spacial score (nSPS) is 23.0. The number of hydrogen-bond acceptors (Lipinski definition) is 2. The van der Waals surface area contributed by atoms with Crippen molar-refractivity contribution >= 4 is 0 Å². The zero-order valence-corrected chi connectivity index (χ0v) is 9.75. The summed E-state index contributed by atoms with van der Waals surface area (Å²) in [6.45, 7) is 6.42. The van der Waals surface area contributed by atoms with Crippen LogP contribution in [0.1, 0.15) is 18.9 Å². The van der Waals surface area contributed by atoms with Crippen molar-refractivity contribution in [3.63, 3.8) is 0 Å². The van der Waals surface area contributed by atoms with E-state index < -0.39 is 0 Å². The minimum atomic E-state index is -0.158. The Bertz CT molecular complexity index is 323. The molecular formula is C13H19FN2. The summed E-state index contributed by atoms with van der Waals surface area (Å²) >= 11 is 0. The monoisotopic (exact) mass is 222 g/mol. The van der Waals surface area contributed by atoms with Gasteiger partial charge in [-0.05, 0) is 44.1 Å². The highest BCUT2D eigenvalue weighted by Crippen LogP contribution is 2.09. The fourth-order valence-corrected chi connectivity index (χ4v) is 2.19. The van der Waals surface area contributed by atoms with Crippen LogP contribution < -0.4 is 5.32 Å². The van der Waals surface area contributed by atoms with Gasteiger partial charge in [-0.2, -0.15) is 0 Å². The maximum atomic E-state index is 12.8. The first-order valence-electron chi connectivity index (χ1n) is 5.94. The van der Waals surface area contributed by atoms with E-state index in [1.165, 1.54) is 24.1 Å². The van der Waals surface area contributed by atoms with Crippen molar-refractivity contribution in [1.82, 2.24) is 10.2 Å². The van der Waals surface area contributed by atoms with Gasteiger partial charge in [0, 0.05) is 19.1 Å². The molecule has 1 unspecified atom stereocenters. The van der Waals surface area contributed by atoms with Crippen molar-refractivity contribution in [2.45, 2.75) is 25.9 Å². The number of nitrogens with zero attached hydrogens (tertiary/aromatic N) is 1. The number of rotatable bonds is 2. The number of hydrogen-bond donors (Lipinski definition) is 1. The summed E-state index contributed by atoms with van der Waals surface area (Å²) in [6.07, 6.45) is 1.19. The largest absolute Gasteiger partial charge is 0.313 e. The summed E-state index contributed by atoms with van der Waals surface area (Å²) in [5.74, 6) is -0.158. The Morgan fingerprint density at radius 3 is 2.88 bits per heavy atom. The van der Waals surface area contributed by atoms with Gasteiger partial charge in [0.05, 0.1) is 0 Å². The minimum Gasteiger partial charge on any atom is -0.313 e. The van der Waals surface area contributed by atoms with Crippen molar-refractivity contribution in [2.24, 2.45) is 0 Å². The van der Waals surface area contributed by atoms with Gasteiger partial charge in [0.1, 0.15) is 5.82 Å². The van der Waals surface area contributed by atoms with Crippen LogP contribution in [0.2, 0.25) is 0 Å². The Kier molecular flexibility index (Phi) is 3.91. The van der Waals surface area contributed by atoms with E-state index in [1.54, 1.807) is 0 Å². The highest BCUT2D eigenvalue weighted by Gasteiger charge is 2.13. The van der Waals surface area contributed by atoms with E-state index in [2.05, 4.69) is 17.1 Å². The molecule has 1 atom stereocenters. The molecule has 0 aliphatic carbocycles. The summed E-state index contributed by atoms with van der Waals surface area (Å²) in [5.41, 5.74) is 1.19. The molecule has 0 amide bonds. The lowest BCUT2D eigenvalue weighted by Crippen LogP contribution is -2.34. The zero-order chi connectivity index (χ0) is 11.4. The predicted molar refractivity (Wildman–Crippen MR) is 63.8 cm³/mol. The van der Waals surface area contributed by atoms with Crippen LogP contribution in [-0.4, -0.2) is 30.6 Å². The maximum absolute atomic E-state index is 12.8. The molecule has 0 spiro atoms. The van der Waals surface area contributed by atoms with E-state index >= 15 is 0 Å². The van der Waals surface area contributed by atoms with Crippen molar-refractivity contribution in [3.05, 3.63) is 35.6 Å². The number of nitrogens with one attached hydrogen (secondary N) is 1. The SMILES string of the molecule is CC1CN(Cc2ccc(F)cc2)CCCN1. The van der Waals surface area contributed by atoms with Gasteiger partial charge >= 0.3 is 0 Å². The van der Waals surface area contributed by atoms with E-state index in [-0.39, 0.29) is 5.82 Å². The standard InChI is InChI=1S/C13H19FN2/c1-11-9-16(8-2-7-15-11)10-12-3-5-13(14)6-4-12/h3-6,11,15H,2,7-10H2,1H3. The molecule has 16 heavy (non-hydrogen) atoms. The smallest absolute Gasteiger partial charge is 0.123 e. The highest BCUT2D eigenvalue weighted by atomic mass is 19.1. The highest BCUT2D eigenvalue weighted by molar-refractivity contribution is 5.15. The van der Waals surface area contributed by atoms with Gasteiger partial charge < -0.3 is 5.32 Å². The van der Waals surface area contributed by atoms with Crippen LogP contribution in [0.4, 0.5) is 4.39 Å². The summed E-state index contributed by atoms with van der Waals surface area (Å²) in [4.78, 5) is 2.43. The molecule has 1 saturated heterocycles. The fraction of sp³-hybridized carbons (Fsp3) is 0.538. The van der Waals surface area contributed by atoms with Crippen LogP contribution in [0.3, 0.4) is 0 Å². The van der Waals surface area contributed by atoms with Gasteiger partial charge in [0.25, 0.3) is 0 Å². The molecule has 2 rings (SSSR count). The molecular weight excluding hydrogens is 203 g/mol. The fourth-order valence-electron chi connectivity index (χ4n) is 2.19. The lowest BCUT2D eigenvalue weighted by atomic mass is 10.2. The average molecular weight is 222 g/mol. The topological polar surface area (TPSA) is 15.3 Å².